The Bertz CT molecular complexity index is 1450. The molecule has 0 radical (unpaired) electrons. The van der Waals surface area contributed by atoms with E-state index in [2.05, 4.69) is 13.5 Å². The molecule has 0 aromatic rings. The highest BCUT2D eigenvalue weighted by atomic mass is 16.8. The van der Waals surface area contributed by atoms with Crippen molar-refractivity contribution in [2.45, 2.75) is 169 Å². The number of ether oxygens (including phenoxy) is 6. The van der Waals surface area contributed by atoms with Gasteiger partial charge >= 0.3 is 5.97 Å². The summed E-state index contributed by atoms with van der Waals surface area (Å²) in [6, 6.07) is 0. The Balaban J connectivity index is 1.10. The molecule has 18 heteroatoms. The molecule has 320 valence electrons. The molecule has 3 heterocycles. The van der Waals surface area contributed by atoms with Crippen molar-refractivity contribution in [2.24, 2.45) is 28.1 Å². The van der Waals surface area contributed by atoms with Crippen molar-refractivity contribution in [2.75, 3.05) is 19.8 Å². The number of carbonyl (C=O) groups excluding carboxylic acids is 1. The van der Waals surface area contributed by atoms with Crippen LogP contribution in [0.5, 0.6) is 0 Å². The quantitative estimate of drug-likeness (QED) is 0.0631. The molecule has 7 aliphatic rings. The fourth-order valence-corrected chi connectivity index (χ4v) is 12.0. The summed E-state index contributed by atoms with van der Waals surface area (Å²) in [5.41, 5.74) is -1.80. The molecular weight excluding hydrogens is 744 g/mol. The van der Waals surface area contributed by atoms with Crippen LogP contribution in [0.15, 0.2) is 12.2 Å². The van der Waals surface area contributed by atoms with Gasteiger partial charge in [0.15, 0.2) is 12.6 Å². The molecule has 0 amide bonds. The highest BCUT2D eigenvalue weighted by molar-refractivity contribution is 5.77. The molecule has 4 saturated carbocycles. The van der Waals surface area contributed by atoms with E-state index in [9.17, 15) is 61.0 Å². The zero-order chi connectivity index (χ0) is 40.7. The molecule has 4 aliphatic carbocycles. The van der Waals surface area contributed by atoms with Crippen LogP contribution >= 0.6 is 0 Å². The molecule has 21 atom stereocenters. The number of aliphatic hydroxyl groups excluding tert-OH is 11. The van der Waals surface area contributed by atoms with Gasteiger partial charge in [-0.05, 0) is 86.5 Å². The molecular formula is C38H60O18. The summed E-state index contributed by atoms with van der Waals surface area (Å²) in [5.74, 6) is -0.591. The topological polar surface area (TPSA) is 295 Å². The van der Waals surface area contributed by atoms with E-state index in [0.717, 1.165) is 18.4 Å². The largest absolute Gasteiger partial charge is 0.432 e. The lowest BCUT2D eigenvalue weighted by Crippen LogP contribution is -2.65. The maximum Gasteiger partial charge on any atom is 0.314 e. The predicted molar refractivity (Wildman–Crippen MR) is 186 cm³/mol. The smallest absolute Gasteiger partial charge is 0.314 e. The molecule has 7 rings (SSSR count). The number of rotatable bonds is 9. The van der Waals surface area contributed by atoms with E-state index in [1.54, 1.807) is 0 Å². The lowest BCUT2D eigenvalue weighted by atomic mass is 9.41. The highest BCUT2D eigenvalue weighted by Crippen LogP contribution is 2.73. The maximum absolute atomic E-state index is 14.1. The Hall–Kier alpha value is -1.43. The van der Waals surface area contributed by atoms with Gasteiger partial charge in [-0.3, -0.25) is 4.79 Å². The Morgan fingerprint density at radius 2 is 1.21 bits per heavy atom. The number of hydrogen-bond donors (Lipinski definition) is 11. The van der Waals surface area contributed by atoms with E-state index in [1.807, 2.05) is 6.92 Å². The van der Waals surface area contributed by atoms with E-state index in [1.165, 1.54) is 0 Å². The summed E-state index contributed by atoms with van der Waals surface area (Å²) >= 11 is 0. The lowest BCUT2D eigenvalue weighted by Gasteiger charge is -2.64. The van der Waals surface area contributed by atoms with E-state index in [-0.39, 0.29) is 22.7 Å². The van der Waals surface area contributed by atoms with Crippen LogP contribution in [0.25, 0.3) is 0 Å². The molecule has 1 spiro atoms. The monoisotopic (exact) mass is 804 g/mol. The second-order valence-corrected chi connectivity index (χ2v) is 18.0. The fraction of sp³-hybridized carbons (Fsp3) is 0.921. The average molecular weight is 805 g/mol. The number of aliphatic hydroxyl groups is 11. The Morgan fingerprint density at radius 1 is 0.679 bits per heavy atom. The summed E-state index contributed by atoms with van der Waals surface area (Å²) in [5, 5.41) is 114. The molecule has 56 heavy (non-hydrogen) atoms. The minimum Gasteiger partial charge on any atom is -0.432 e. The minimum absolute atomic E-state index is 0.121. The second kappa shape index (κ2) is 15.6. The minimum atomic E-state index is -1.81. The van der Waals surface area contributed by atoms with Crippen LogP contribution < -0.4 is 0 Å². The van der Waals surface area contributed by atoms with Gasteiger partial charge in [0.05, 0.1) is 30.8 Å². The van der Waals surface area contributed by atoms with Crippen molar-refractivity contribution in [1.29, 1.82) is 0 Å². The second-order valence-electron chi connectivity index (χ2n) is 18.0. The van der Waals surface area contributed by atoms with Crippen molar-refractivity contribution in [1.82, 2.24) is 0 Å². The lowest BCUT2D eigenvalue weighted by molar-refractivity contribution is -0.378. The molecule has 3 aliphatic heterocycles. The third-order valence-corrected chi connectivity index (χ3v) is 15.0. The van der Waals surface area contributed by atoms with Crippen LogP contribution in [0.2, 0.25) is 0 Å². The predicted octanol–water partition coefficient (Wildman–Crippen LogP) is -2.94. The average Bonchev–Trinajstić information content (AvgIpc) is 3.37. The Labute approximate surface area is 324 Å². The highest BCUT2D eigenvalue weighted by Gasteiger charge is 2.69. The molecule has 2 bridgehead atoms. The number of fused-ring (bicyclic) bond motifs is 3. The number of hydrogen-bond acceptors (Lipinski definition) is 18. The third-order valence-electron chi connectivity index (χ3n) is 15.0. The fourth-order valence-electron chi connectivity index (χ4n) is 12.0. The Kier molecular flexibility index (Phi) is 11.9. The van der Waals surface area contributed by atoms with Gasteiger partial charge in [0.2, 0.25) is 6.29 Å². The van der Waals surface area contributed by atoms with Gasteiger partial charge in [0.1, 0.15) is 73.2 Å². The van der Waals surface area contributed by atoms with Crippen LogP contribution in [0.1, 0.15) is 71.6 Å². The zero-order valence-electron chi connectivity index (χ0n) is 31.8. The van der Waals surface area contributed by atoms with Crippen LogP contribution in [0.3, 0.4) is 0 Å². The molecule has 18 nitrogen and oxygen atoms in total. The van der Waals surface area contributed by atoms with Crippen LogP contribution in [0, 0.1) is 28.1 Å². The van der Waals surface area contributed by atoms with Crippen molar-refractivity contribution >= 4 is 5.97 Å². The molecule has 7 fully saturated rings. The standard InChI is InChI=1S/C38H60O18/c1-16-11-37-9-5-20-35(2,7-4-8-36(20,3)34(50)55-32-29(49)26(46)23(43)18(13-40)52-32)21(37)6-10-38(16,15-37)56-33-30(27(47)24(44)19(14-41)53-33)54-31-28(48)25(45)22(42)17(12-39)51-31/h17-33,39-49H,1,4-15H2,2-3H3/t17-,18-,19-,20+,21+,22-,23-,24-,25+,26+,27+,28-,29-,30-,31+,32+,33+,35-,36-,37+,38?/m1/s1. The van der Waals surface area contributed by atoms with Crippen LogP contribution in [-0.2, 0) is 33.2 Å². The SMILES string of the molecule is C=C1C[C@]23CC[C@H]4[C@@](C)(CCC[C@@]4(C)C(=O)O[C@@H]4O[C@H](CO)[C@@H](O)[C@H](O)[C@H]4O)[C@@H]2CCC1(O[C@@H]1O[C@H](CO)[C@@H](O)[C@H](O)[C@H]1O[C@@H]1O[C@H](CO)[C@@H](O)[C@H](O)[C@H]1O)C3. The summed E-state index contributed by atoms with van der Waals surface area (Å²) in [7, 11) is 0. The molecule has 3 saturated heterocycles. The molecule has 1 unspecified atom stereocenters. The van der Waals surface area contributed by atoms with Crippen molar-refractivity contribution < 1.29 is 89.4 Å². The van der Waals surface area contributed by atoms with Crippen molar-refractivity contribution in [3.05, 3.63) is 12.2 Å². The van der Waals surface area contributed by atoms with Gasteiger partial charge < -0.3 is 84.6 Å². The number of esters is 1. The van der Waals surface area contributed by atoms with E-state index in [0.29, 0.717) is 44.9 Å². The van der Waals surface area contributed by atoms with Gasteiger partial charge in [0.25, 0.3) is 0 Å². The van der Waals surface area contributed by atoms with E-state index in [4.69, 9.17) is 28.4 Å². The maximum atomic E-state index is 14.1. The van der Waals surface area contributed by atoms with Gasteiger partial charge in [-0.15, -0.1) is 0 Å². The summed E-state index contributed by atoms with van der Waals surface area (Å²) in [6.45, 7) is 6.52. The van der Waals surface area contributed by atoms with Crippen LogP contribution in [0.4, 0.5) is 0 Å². The van der Waals surface area contributed by atoms with Crippen molar-refractivity contribution in [3.63, 3.8) is 0 Å². The van der Waals surface area contributed by atoms with Gasteiger partial charge in [-0.1, -0.05) is 19.9 Å². The summed E-state index contributed by atoms with van der Waals surface area (Å²) < 4.78 is 35.6. The first-order valence-corrected chi connectivity index (χ1v) is 19.9. The van der Waals surface area contributed by atoms with E-state index >= 15 is 0 Å². The summed E-state index contributed by atoms with van der Waals surface area (Å²) in [6.07, 6.45) is -17.8. The van der Waals surface area contributed by atoms with Gasteiger partial charge in [-0.25, -0.2) is 0 Å². The zero-order valence-corrected chi connectivity index (χ0v) is 31.8. The number of carbonyl (C=O) groups is 1. The van der Waals surface area contributed by atoms with Crippen molar-refractivity contribution in [3.8, 4) is 0 Å². The summed E-state index contributed by atoms with van der Waals surface area (Å²) in [4.78, 5) is 14.1. The normalized spacial score (nSPS) is 54.6. The van der Waals surface area contributed by atoms with Crippen LogP contribution in [-0.4, -0.2) is 180 Å². The molecule has 0 aromatic heterocycles. The first-order chi connectivity index (χ1) is 26.4. The van der Waals surface area contributed by atoms with Gasteiger partial charge in [0, 0.05) is 0 Å². The third kappa shape index (κ3) is 6.69. The first-order valence-electron chi connectivity index (χ1n) is 19.9. The molecule has 11 N–H and O–H groups in total. The first kappa shape index (κ1) is 42.7. The van der Waals surface area contributed by atoms with Gasteiger partial charge in [-0.2, -0.15) is 0 Å². The molecule has 0 aromatic carbocycles. The van der Waals surface area contributed by atoms with E-state index < -0.39 is 129 Å². The Morgan fingerprint density at radius 3 is 1.82 bits per heavy atom.